The lowest BCUT2D eigenvalue weighted by atomic mass is 9.38. The second-order valence-corrected chi connectivity index (χ2v) is 12.4. The van der Waals surface area contributed by atoms with Crippen LogP contribution in [0.15, 0.2) is 0 Å². The normalized spacial score (nSPS) is 58.6. The van der Waals surface area contributed by atoms with Crippen LogP contribution in [0.5, 0.6) is 0 Å². The molecule has 3 heterocycles. The van der Waals surface area contributed by atoms with Gasteiger partial charge in [-0.25, -0.2) is 0 Å². The van der Waals surface area contributed by atoms with E-state index in [9.17, 15) is 19.8 Å². The van der Waals surface area contributed by atoms with Crippen LogP contribution in [0, 0.1) is 39.9 Å². The lowest BCUT2D eigenvalue weighted by Crippen LogP contribution is -2.62. The monoisotopic (exact) mass is 448 g/mol. The number of aliphatic carboxylic acids is 1. The van der Waals surface area contributed by atoms with E-state index in [0.29, 0.717) is 12.3 Å². The second kappa shape index (κ2) is 6.48. The zero-order chi connectivity index (χ0) is 22.7. The van der Waals surface area contributed by atoms with E-state index >= 15 is 0 Å². The standard InChI is InChI=1S/C25H36O7/c1-22-10-7-16-23(2,8-4-9-24(16,3)20(28)29)15(22)6-5-13-14(22)11-17(26)25-12-18(27)30-21(25)31-19(13)32-25/h13-17,19,21,26H,4-12H2,1-3H3,(H,28,29). The van der Waals surface area contributed by atoms with Gasteiger partial charge in [-0.2, -0.15) is 0 Å². The molecule has 0 aromatic carbocycles. The zero-order valence-electron chi connectivity index (χ0n) is 19.3. The number of carboxylic acid groups (broad SMARTS) is 1. The number of aliphatic hydroxyl groups excluding tert-OH is 1. The third-order valence-electron chi connectivity index (χ3n) is 11.2. The lowest BCUT2D eigenvalue weighted by molar-refractivity contribution is -0.224. The first-order chi connectivity index (χ1) is 15.0. The molecule has 2 bridgehead atoms. The van der Waals surface area contributed by atoms with Gasteiger partial charge in [-0.15, -0.1) is 0 Å². The van der Waals surface area contributed by atoms with Crippen molar-refractivity contribution in [2.24, 2.45) is 39.9 Å². The van der Waals surface area contributed by atoms with Gasteiger partial charge in [0.25, 0.3) is 0 Å². The summed E-state index contributed by atoms with van der Waals surface area (Å²) >= 11 is 0. The molecule has 6 rings (SSSR count). The Labute approximate surface area is 189 Å². The molecule has 6 fully saturated rings. The number of carbonyl (C=O) groups excluding carboxylic acids is 1. The molecule has 2 N–H and O–H groups in total. The summed E-state index contributed by atoms with van der Waals surface area (Å²) in [6.45, 7) is 6.70. The van der Waals surface area contributed by atoms with Crippen LogP contribution in [0.3, 0.4) is 0 Å². The van der Waals surface area contributed by atoms with Crippen LogP contribution in [-0.2, 0) is 23.8 Å². The third-order valence-corrected chi connectivity index (χ3v) is 11.2. The fourth-order valence-electron chi connectivity index (χ4n) is 9.70. The Morgan fingerprint density at radius 2 is 1.81 bits per heavy atom. The minimum atomic E-state index is -1.07. The Morgan fingerprint density at radius 1 is 1.03 bits per heavy atom. The maximum absolute atomic E-state index is 12.3. The Morgan fingerprint density at radius 3 is 2.56 bits per heavy atom. The molecule has 11 atom stereocenters. The highest BCUT2D eigenvalue weighted by Crippen LogP contribution is 2.71. The number of carbonyl (C=O) groups is 2. The van der Waals surface area contributed by atoms with Gasteiger partial charge < -0.3 is 24.4 Å². The van der Waals surface area contributed by atoms with E-state index in [1.165, 1.54) is 0 Å². The van der Waals surface area contributed by atoms with Gasteiger partial charge in [0.1, 0.15) is 0 Å². The van der Waals surface area contributed by atoms with Crippen LogP contribution in [0.1, 0.15) is 78.6 Å². The van der Waals surface area contributed by atoms with Crippen LogP contribution < -0.4 is 0 Å². The summed E-state index contributed by atoms with van der Waals surface area (Å²) in [6.07, 6.45) is 5.20. The molecule has 178 valence electrons. The van der Waals surface area contributed by atoms with Crippen LogP contribution in [0.2, 0.25) is 0 Å². The van der Waals surface area contributed by atoms with Gasteiger partial charge >= 0.3 is 11.9 Å². The summed E-state index contributed by atoms with van der Waals surface area (Å²) in [5, 5.41) is 21.5. The van der Waals surface area contributed by atoms with Crippen LogP contribution in [0.4, 0.5) is 0 Å². The van der Waals surface area contributed by atoms with Crippen molar-refractivity contribution in [3.05, 3.63) is 0 Å². The highest BCUT2D eigenvalue weighted by atomic mass is 16.8. The summed E-state index contributed by atoms with van der Waals surface area (Å²) in [4.78, 5) is 24.3. The van der Waals surface area contributed by atoms with E-state index in [4.69, 9.17) is 14.2 Å². The van der Waals surface area contributed by atoms with Gasteiger partial charge in [0, 0.05) is 5.92 Å². The average Bonchev–Trinajstić information content (AvgIpc) is 3.17. The number of ether oxygens (including phenoxy) is 3. The van der Waals surface area contributed by atoms with E-state index < -0.39 is 35.7 Å². The summed E-state index contributed by atoms with van der Waals surface area (Å²) in [5.74, 6) is -0.0560. The third kappa shape index (κ3) is 2.43. The Kier molecular flexibility index (Phi) is 4.33. The van der Waals surface area contributed by atoms with Gasteiger partial charge in [0.05, 0.1) is 17.9 Å². The highest BCUT2D eigenvalue weighted by Gasteiger charge is 2.70. The molecule has 1 spiro atoms. The van der Waals surface area contributed by atoms with Crippen molar-refractivity contribution in [1.82, 2.24) is 0 Å². The first-order valence-electron chi connectivity index (χ1n) is 12.5. The molecule has 7 nitrogen and oxygen atoms in total. The molecule has 7 heteroatoms. The number of hydrogen-bond acceptors (Lipinski definition) is 6. The number of carboxylic acids is 1. The van der Waals surface area contributed by atoms with E-state index in [1.54, 1.807) is 0 Å². The molecule has 0 aromatic rings. The van der Waals surface area contributed by atoms with E-state index in [-0.39, 0.29) is 41.0 Å². The molecule has 0 amide bonds. The molecular formula is C25H36O7. The second-order valence-electron chi connectivity index (χ2n) is 12.4. The van der Waals surface area contributed by atoms with E-state index in [1.807, 2.05) is 6.92 Å². The summed E-state index contributed by atoms with van der Waals surface area (Å²) in [7, 11) is 0. The molecule has 6 aliphatic rings. The van der Waals surface area contributed by atoms with Crippen LogP contribution >= 0.6 is 0 Å². The minimum absolute atomic E-state index is 0.0152. The fraction of sp³-hybridized carbons (Fsp3) is 0.920. The zero-order valence-corrected chi connectivity index (χ0v) is 19.3. The number of fused-ring (bicyclic) bond motifs is 7. The van der Waals surface area contributed by atoms with Gasteiger partial charge in [0.2, 0.25) is 6.29 Å². The predicted molar refractivity (Wildman–Crippen MR) is 112 cm³/mol. The van der Waals surface area contributed by atoms with Crippen LogP contribution in [0.25, 0.3) is 0 Å². The molecule has 3 aliphatic carbocycles. The molecule has 0 radical (unpaired) electrons. The summed E-state index contributed by atoms with van der Waals surface area (Å²) in [5.41, 5.74) is -1.76. The minimum Gasteiger partial charge on any atom is -0.481 e. The van der Waals surface area contributed by atoms with E-state index in [0.717, 1.165) is 44.9 Å². The van der Waals surface area contributed by atoms with Gasteiger partial charge in [-0.1, -0.05) is 20.3 Å². The van der Waals surface area contributed by atoms with Crippen molar-refractivity contribution in [1.29, 1.82) is 0 Å². The predicted octanol–water partition coefficient (Wildman–Crippen LogP) is 3.48. The van der Waals surface area contributed by atoms with Gasteiger partial charge in [0.15, 0.2) is 11.9 Å². The summed E-state index contributed by atoms with van der Waals surface area (Å²) in [6, 6.07) is 0. The Balaban J connectivity index is 1.36. The van der Waals surface area contributed by atoms with Gasteiger partial charge in [-0.05, 0) is 80.5 Å². The molecule has 3 saturated heterocycles. The lowest BCUT2D eigenvalue weighted by Gasteiger charge is -2.66. The van der Waals surface area contributed by atoms with Crippen molar-refractivity contribution < 1.29 is 34.0 Å². The Hall–Kier alpha value is -1.18. The smallest absolute Gasteiger partial charge is 0.311 e. The number of hydrogen-bond donors (Lipinski definition) is 2. The van der Waals surface area contributed by atoms with E-state index in [2.05, 4.69) is 13.8 Å². The fourth-order valence-corrected chi connectivity index (χ4v) is 9.70. The first-order valence-corrected chi connectivity index (χ1v) is 12.5. The first kappa shape index (κ1) is 21.4. The summed E-state index contributed by atoms with van der Waals surface area (Å²) < 4.78 is 17.8. The number of rotatable bonds is 1. The maximum Gasteiger partial charge on any atom is 0.311 e. The average molecular weight is 449 g/mol. The van der Waals surface area contributed by atoms with Crippen molar-refractivity contribution >= 4 is 11.9 Å². The van der Waals surface area contributed by atoms with Crippen molar-refractivity contribution in [3.63, 3.8) is 0 Å². The Bertz CT molecular complexity index is 859. The SMILES string of the molecule is CC1(C(=O)O)CCCC2(C)C1CCC1(C)C3CC(O)C45CC(=O)OC4OC(O5)C3CCC12. The van der Waals surface area contributed by atoms with Crippen molar-refractivity contribution in [2.75, 3.05) is 0 Å². The number of aliphatic hydroxyl groups is 1. The molecule has 3 aliphatic heterocycles. The number of esters is 1. The molecule has 11 unspecified atom stereocenters. The maximum atomic E-state index is 12.3. The highest BCUT2D eigenvalue weighted by molar-refractivity contribution is 5.75. The topological polar surface area (TPSA) is 102 Å². The quantitative estimate of drug-likeness (QED) is 0.592. The molecule has 32 heavy (non-hydrogen) atoms. The van der Waals surface area contributed by atoms with Gasteiger partial charge in [-0.3, -0.25) is 9.59 Å². The van der Waals surface area contributed by atoms with Crippen LogP contribution in [-0.4, -0.2) is 46.4 Å². The molecule has 3 saturated carbocycles. The van der Waals surface area contributed by atoms with Crippen molar-refractivity contribution in [3.8, 4) is 0 Å². The largest absolute Gasteiger partial charge is 0.481 e. The van der Waals surface area contributed by atoms with Crippen molar-refractivity contribution in [2.45, 2.75) is 103 Å². The molecule has 0 aromatic heterocycles. The molecular weight excluding hydrogens is 412 g/mol.